The van der Waals surface area contributed by atoms with Crippen LogP contribution in [0.1, 0.15) is 31.2 Å². The van der Waals surface area contributed by atoms with Gasteiger partial charge in [-0.25, -0.2) is 0 Å². The molecule has 0 radical (unpaired) electrons. The molecule has 1 amide bonds. The van der Waals surface area contributed by atoms with Crippen LogP contribution in [0.2, 0.25) is 0 Å². The van der Waals surface area contributed by atoms with Crippen LogP contribution in [-0.4, -0.2) is 38.7 Å². The Labute approximate surface area is 148 Å². The average Bonchev–Trinajstić information content (AvgIpc) is 3.20. The Morgan fingerprint density at radius 2 is 2.04 bits per heavy atom. The number of fused-ring (bicyclic) bond motifs is 1. The monoisotopic (exact) mass is 339 g/mol. The number of rotatable bonds is 4. The zero-order chi connectivity index (χ0) is 17.2. The molecular formula is C19H25N5O. The van der Waals surface area contributed by atoms with Gasteiger partial charge in [0.25, 0.3) is 0 Å². The van der Waals surface area contributed by atoms with Crippen LogP contribution in [0.3, 0.4) is 0 Å². The highest BCUT2D eigenvalue weighted by molar-refractivity contribution is 5.91. The number of aromatic nitrogens is 3. The third-order valence-electron chi connectivity index (χ3n) is 5.37. The summed E-state index contributed by atoms with van der Waals surface area (Å²) in [5.41, 5.74) is 1.29. The van der Waals surface area contributed by atoms with Crippen LogP contribution >= 0.6 is 0 Å². The van der Waals surface area contributed by atoms with Crippen molar-refractivity contribution in [3.8, 4) is 0 Å². The Morgan fingerprint density at radius 3 is 2.88 bits per heavy atom. The number of nitrogens with one attached hydrogen (secondary N) is 1. The highest BCUT2D eigenvalue weighted by Gasteiger charge is 2.35. The van der Waals surface area contributed by atoms with Crippen LogP contribution < -0.4 is 5.32 Å². The third kappa shape index (κ3) is 3.44. The van der Waals surface area contributed by atoms with E-state index in [1.54, 1.807) is 0 Å². The molecule has 1 N–H and O–H groups in total. The van der Waals surface area contributed by atoms with E-state index in [9.17, 15) is 4.79 Å². The number of likely N-dealkylation sites (tertiary alicyclic amines) is 1. The lowest BCUT2D eigenvalue weighted by molar-refractivity contribution is -0.120. The number of benzene rings is 1. The van der Waals surface area contributed by atoms with Gasteiger partial charge in [0.15, 0.2) is 0 Å². The van der Waals surface area contributed by atoms with Crippen molar-refractivity contribution in [2.24, 2.45) is 11.8 Å². The molecular weight excluding hydrogens is 314 g/mol. The van der Waals surface area contributed by atoms with E-state index in [4.69, 9.17) is 0 Å². The number of nitrogens with zero attached hydrogens (tertiary/aromatic N) is 4. The van der Waals surface area contributed by atoms with E-state index in [1.165, 1.54) is 5.56 Å². The number of anilines is 1. The smallest absolute Gasteiger partial charge is 0.231 e. The maximum absolute atomic E-state index is 12.8. The Bertz CT molecular complexity index is 742. The molecule has 3 heterocycles. The largest absolute Gasteiger partial charge is 0.298 e. The minimum absolute atomic E-state index is 0.000234. The van der Waals surface area contributed by atoms with Gasteiger partial charge in [0.1, 0.15) is 5.82 Å². The molecule has 6 nitrogen and oxygen atoms in total. The summed E-state index contributed by atoms with van der Waals surface area (Å²) in [6.07, 6.45) is 3.23. The number of aryl methyl sites for hydroxylation is 1. The van der Waals surface area contributed by atoms with Gasteiger partial charge in [0.05, 0.1) is 5.92 Å². The fourth-order valence-corrected chi connectivity index (χ4v) is 3.98. The van der Waals surface area contributed by atoms with Crippen LogP contribution in [-0.2, 0) is 24.3 Å². The summed E-state index contributed by atoms with van der Waals surface area (Å²) in [7, 11) is 0. The maximum Gasteiger partial charge on any atom is 0.231 e. The SMILES string of the molecule is C[C@@H]1CN(Cc2ccccc2)C[C@H]1C(=O)Nc1nnc2n1CCCC2. The second-order valence-corrected chi connectivity index (χ2v) is 7.30. The standard InChI is InChI=1S/C19H25N5O/c1-14-11-23(12-15-7-3-2-4-8-15)13-16(14)18(25)20-19-22-21-17-9-5-6-10-24(17)19/h2-4,7-8,14,16H,5-6,9-13H2,1H3,(H,20,22,25)/t14-,16-/m1/s1. The molecule has 132 valence electrons. The van der Waals surface area contributed by atoms with Crippen LogP contribution in [0, 0.1) is 11.8 Å². The van der Waals surface area contributed by atoms with Crippen molar-refractivity contribution in [1.82, 2.24) is 19.7 Å². The predicted octanol–water partition coefficient (Wildman–Crippen LogP) is 2.32. The molecule has 2 atom stereocenters. The molecule has 6 heteroatoms. The van der Waals surface area contributed by atoms with Crippen LogP contribution in [0.5, 0.6) is 0 Å². The number of hydrogen-bond donors (Lipinski definition) is 1. The molecule has 4 rings (SSSR count). The second kappa shape index (κ2) is 6.96. The normalized spacial score (nSPS) is 23.4. The lowest BCUT2D eigenvalue weighted by Crippen LogP contribution is -2.30. The minimum atomic E-state index is 0.000234. The summed E-state index contributed by atoms with van der Waals surface area (Å²) in [6.45, 7) is 5.70. The molecule has 0 bridgehead atoms. The molecule has 0 unspecified atom stereocenters. The van der Waals surface area contributed by atoms with Crippen molar-refractivity contribution in [2.45, 2.75) is 39.3 Å². The molecule has 2 aliphatic heterocycles. The van der Waals surface area contributed by atoms with E-state index in [-0.39, 0.29) is 11.8 Å². The Morgan fingerprint density at radius 1 is 1.20 bits per heavy atom. The fourth-order valence-electron chi connectivity index (χ4n) is 3.98. The first-order chi connectivity index (χ1) is 12.2. The number of carbonyl (C=O) groups excluding carboxylic acids is 1. The van der Waals surface area contributed by atoms with E-state index < -0.39 is 0 Å². The molecule has 1 aromatic heterocycles. The van der Waals surface area contributed by atoms with Gasteiger partial charge >= 0.3 is 0 Å². The van der Waals surface area contributed by atoms with Gasteiger partial charge in [-0.3, -0.25) is 19.6 Å². The van der Waals surface area contributed by atoms with Crippen LogP contribution in [0.4, 0.5) is 5.95 Å². The molecule has 25 heavy (non-hydrogen) atoms. The van der Waals surface area contributed by atoms with E-state index in [2.05, 4.69) is 56.2 Å². The van der Waals surface area contributed by atoms with Crippen molar-refractivity contribution in [2.75, 3.05) is 18.4 Å². The average molecular weight is 339 g/mol. The van der Waals surface area contributed by atoms with Gasteiger partial charge in [-0.2, -0.15) is 0 Å². The lowest BCUT2D eigenvalue weighted by atomic mass is 9.97. The van der Waals surface area contributed by atoms with Crippen molar-refractivity contribution >= 4 is 11.9 Å². The second-order valence-electron chi connectivity index (χ2n) is 7.30. The first kappa shape index (κ1) is 16.3. The first-order valence-electron chi connectivity index (χ1n) is 9.20. The molecule has 0 spiro atoms. The zero-order valence-electron chi connectivity index (χ0n) is 14.7. The van der Waals surface area contributed by atoms with Gasteiger partial charge in [-0.1, -0.05) is 37.3 Å². The molecule has 1 fully saturated rings. The zero-order valence-corrected chi connectivity index (χ0v) is 14.7. The fraction of sp³-hybridized carbons (Fsp3) is 0.526. The summed E-state index contributed by atoms with van der Waals surface area (Å²) >= 11 is 0. The Balaban J connectivity index is 1.40. The van der Waals surface area contributed by atoms with E-state index in [0.29, 0.717) is 11.9 Å². The highest BCUT2D eigenvalue weighted by Crippen LogP contribution is 2.26. The molecule has 2 aliphatic rings. The highest BCUT2D eigenvalue weighted by atomic mass is 16.2. The van der Waals surface area contributed by atoms with Gasteiger partial charge in [-0.05, 0) is 24.3 Å². The predicted molar refractivity (Wildman–Crippen MR) is 96.0 cm³/mol. The van der Waals surface area contributed by atoms with Crippen LogP contribution in [0.15, 0.2) is 30.3 Å². The third-order valence-corrected chi connectivity index (χ3v) is 5.37. The molecule has 1 aromatic carbocycles. The summed E-state index contributed by atoms with van der Waals surface area (Å²) < 4.78 is 2.06. The van der Waals surface area contributed by atoms with Crippen molar-refractivity contribution < 1.29 is 4.79 Å². The van der Waals surface area contributed by atoms with Gasteiger partial charge in [-0.15, -0.1) is 10.2 Å². The first-order valence-corrected chi connectivity index (χ1v) is 9.20. The van der Waals surface area contributed by atoms with E-state index in [0.717, 1.165) is 51.3 Å². The summed E-state index contributed by atoms with van der Waals surface area (Å²) in [6, 6.07) is 10.4. The Kier molecular flexibility index (Phi) is 4.53. The van der Waals surface area contributed by atoms with E-state index >= 15 is 0 Å². The number of carbonyl (C=O) groups is 1. The quantitative estimate of drug-likeness (QED) is 0.928. The van der Waals surface area contributed by atoms with Crippen molar-refractivity contribution in [3.63, 3.8) is 0 Å². The molecule has 2 aromatic rings. The minimum Gasteiger partial charge on any atom is -0.298 e. The summed E-state index contributed by atoms with van der Waals surface area (Å²) in [5.74, 6) is 2.02. The number of amides is 1. The lowest BCUT2D eigenvalue weighted by Gasteiger charge is -2.17. The van der Waals surface area contributed by atoms with Gasteiger partial charge < -0.3 is 0 Å². The molecule has 0 saturated carbocycles. The van der Waals surface area contributed by atoms with Crippen LogP contribution in [0.25, 0.3) is 0 Å². The maximum atomic E-state index is 12.8. The Hall–Kier alpha value is -2.21. The van der Waals surface area contributed by atoms with Gasteiger partial charge in [0.2, 0.25) is 11.9 Å². The topological polar surface area (TPSA) is 63.1 Å². The van der Waals surface area contributed by atoms with Crippen molar-refractivity contribution in [3.05, 3.63) is 41.7 Å². The number of hydrogen-bond acceptors (Lipinski definition) is 4. The van der Waals surface area contributed by atoms with E-state index in [1.807, 2.05) is 6.07 Å². The van der Waals surface area contributed by atoms with Crippen molar-refractivity contribution in [1.29, 1.82) is 0 Å². The van der Waals surface area contributed by atoms with Gasteiger partial charge in [0, 0.05) is 32.6 Å². The molecule has 0 aliphatic carbocycles. The summed E-state index contributed by atoms with van der Waals surface area (Å²) in [5, 5.41) is 11.4. The summed E-state index contributed by atoms with van der Waals surface area (Å²) in [4.78, 5) is 15.2. The molecule has 1 saturated heterocycles.